The minimum absolute atomic E-state index is 0.0999. The van der Waals surface area contributed by atoms with Crippen molar-refractivity contribution in [3.05, 3.63) is 83.9 Å². The summed E-state index contributed by atoms with van der Waals surface area (Å²) in [6.45, 7) is 8.74. The Bertz CT molecular complexity index is 469. The first-order valence-corrected chi connectivity index (χ1v) is 6.49. The van der Waals surface area contributed by atoms with Gasteiger partial charge in [0, 0.05) is 5.41 Å². The highest BCUT2D eigenvalue weighted by Crippen LogP contribution is 2.39. The van der Waals surface area contributed by atoms with Crippen LogP contribution < -0.4 is 0 Å². The standard InChI is InChI=1S/C18H20/c1-4-15(2)18(3,16-11-7-5-8-12-16)17-13-9-6-10-14-17/h5-14H,2,4H2,1,3H3. The molecule has 0 heteroatoms. The van der Waals surface area contributed by atoms with Gasteiger partial charge in [0.15, 0.2) is 0 Å². The van der Waals surface area contributed by atoms with Crippen molar-refractivity contribution in [1.82, 2.24) is 0 Å². The number of hydrogen-bond acceptors (Lipinski definition) is 0. The zero-order chi connectivity index (χ0) is 13.0. The van der Waals surface area contributed by atoms with E-state index < -0.39 is 0 Å². The minimum atomic E-state index is -0.0999. The predicted molar refractivity (Wildman–Crippen MR) is 78.8 cm³/mol. The van der Waals surface area contributed by atoms with Gasteiger partial charge in [-0.05, 0) is 24.5 Å². The Hall–Kier alpha value is -1.82. The average Bonchev–Trinajstić information content (AvgIpc) is 2.47. The number of benzene rings is 2. The highest BCUT2D eigenvalue weighted by atomic mass is 14.3. The van der Waals surface area contributed by atoms with E-state index in [-0.39, 0.29) is 5.41 Å². The molecular formula is C18H20. The summed E-state index contributed by atoms with van der Waals surface area (Å²) >= 11 is 0. The van der Waals surface area contributed by atoms with Gasteiger partial charge in [-0.3, -0.25) is 0 Å². The van der Waals surface area contributed by atoms with E-state index in [4.69, 9.17) is 0 Å². The van der Waals surface area contributed by atoms with Crippen LogP contribution in [0.15, 0.2) is 72.8 Å². The Morgan fingerprint density at radius 2 is 1.28 bits per heavy atom. The summed E-state index contributed by atoms with van der Waals surface area (Å²) in [5, 5.41) is 0. The van der Waals surface area contributed by atoms with Crippen molar-refractivity contribution < 1.29 is 0 Å². The minimum Gasteiger partial charge on any atom is -0.0986 e. The lowest BCUT2D eigenvalue weighted by Gasteiger charge is -2.33. The van der Waals surface area contributed by atoms with Crippen molar-refractivity contribution in [2.75, 3.05) is 0 Å². The highest BCUT2D eigenvalue weighted by molar-refractivity contribution is 5.46. The molecule has 0 nitrogen and oxygen atoms in total. The van der Waals surface area contributed by atoms with Crippen LogP contribution in [0.5, 0.6) is 0 Å². The van der Waals surface area contributed by atoms with Gasteiger partial charge in [0.05, 0.1) is 0 Å². The largest absolute Gasteiger partial charge is 0.0986 e. The van der Waals surface area contributed by atoms with Crippen LogP contribution in [0.25, 0.3) is 0 Å². The molecule has 2 aromatic rings. The summed E-state index contributed by atoms with van der Waals surface area (Å²) in [4.78, 5) is 0. The van der Waals surface area contributed by atoms with E-state index in [1.165, 1.54) is 16.7 Å². The summed E-state index contributed by atoms with van der Waals surface area (Å²) in [7, 11) is 0. The van der Waals surface area contributed by atoms with E-state index in [0.717, 1.165) is 6.42 Å². The van der Waals surface area contributed by atoms with Crippen LogP contribution in [0.1, 0.15) is 31.4 Å². The van der Waals surface area contributed by atoms with Gasteiger partial charge in [-0.2, -0.15) is 0 Å². The van der Waals surface area contributed by atoms with Crippen LogP contribution in [0, 0.1) is 0 Å². The fourth-order valence-electron chi connectivity index (χ4n) is 2.47. The van der Waals surface area contributed by atoms with Gasteiger partial charge in [0.25, 0.3) is 0 Å². The normalized spacial score (nSPS) is 11.2. The molecule has 0 bridgehead atoms. The first kappa shape index (κ1) is 12.6. The van der Waals surface area contributed by atoms with Crippen molar-refractivity contribution in [3.8, 4) is 0 Å². The van der Waals surface area contributed by atoms with Gasteiger partial charge in [0.2, 0.25) is 0 Å². The molecule has 18 heavy (non-hydrogen) atoms. The van der Waals surface area contributed by atoms with E-state index in [0.29, 0.717) is 0 Å². The summed E-state index contributed by atoms with van der Waals surface area (Å²) < 4.78 is 0. The lowest BCUT2D eigenvalue weighted by molar-refractivity contribution is 0.651. The molecule has 0 spiro atoms. The SMILES string of the molecule is C=C(CC)C(C)(c1ccccc1)c1ccccc1. The summed E-state index contributed by atoms with van der Waals surface area (Å²) in [6.07, 6.45) is 0.986. The Morgan fingerprint density at radius 3 is 1.61 bits per heavy atom. The van der Waals surface area contributed by atoms with E-state index in [9.17, 15) is 0 Å². The molecule has 0 N–H and O–H groups in total. The molecule has 0 aliphatic carbocycles. The summed E-state index contributed by atoms with van der Waals surface area (Å²) in [6, 6.07) is 21.3. The van der Waals surface area contributed by atoms with Crippen LogP contribution >= 0.6 is 0 Å². The van der Waals surface area contributed by atoms with E-state index in [1.54, 1.807) is 0 Å². The molecule has 0 aliphatic rings. The van der Waals surface area contributed by atoms with Gasteiger partial charge >= 0.3 is 0 Å². The lowest BCUT2D eigenvalue weighted by Crippen LogP contribution is -2.25. The molecular weight excluding hydrogens is 216 g/mol. The third-order valence-electron chi connectivity index (χ3n) is 3.84. The summed E-state index contributed by atoms with van der Waals surface area (Å²) in [5.74, 6) is 0. The van der Waals surface area contributed by atoms with E-state index in [2.05, 4.69) is 81.1 Å². The molecule has 2 rings (SSSR count). The molecule has 0 aromatic heterocycles. The molecule has 2 aromatic carbocycles. The highest BCUT2D eigenvalue weighted by Gasteiger charge is 2.30. The third kappa shape index (κ3) is 2.11. The number of allylic oxidation sites excluding steroid dienone is 1. The Morgan fingerprint density at radius 1 is 0.889 bits per heavy atom. The quantitative estimate of drug-likeness (QED) is 0.658. The molecule has 0 atom stereocenters. The van der Waals surface area contributed by atoms with E-state index >= 15 is 0 Å². The fraction of sp³-hybridized carbons (Fsp3) is 0.222. The fourth-order valence-corrected chi connectivity index (χ4v) is 2.47. The molecule has 0 unspecified atom stereocenters. The van der Waals surface area contributed by atoms with Gasteiger partial charge in [0.1, 0.15) is 0 Å². The lowest BCUT2D eigenvalue weighted by atomic mass is 9.70. The molecule has 0 saturated heterocycles. The van der Waals surface area contributed by atoms with Gasteiger partial charge in [-0.15, -0.1) is 0 Å². The van der Waals surface area contributed by atoms with Crippen LogP contribution in [0.3, 0.4) is 0 Å². The first-order chi connectivity index (χ1) is 8.69. The summed E-state index contributed by atoms with van der Waals surface area (Å²) in [5.41, 5.74) is 3.77. The Labute approximate surface area is 110 Å². The van der Waals surface area contributed by atoms with E-state index in [1.807, 2.05) is 0 Å². The van der Waals surface area contributed by atoms with Crippen LogP contribution in [0.2, 0.25) is 0 Å². The molecule has 92 valence electrons. The maximum absolute atomic E-state index is 4.30. The molecule has 0 amide bonds. The molecule has 0 saturated carbocycles. The Balaban J connectivity index is 2.59. The van der Waals surface area contributed by atoms with Crippen LogP contribution in [-0.2, 0) is 5.41 Å². The van der Waals surface area contributed by atoms with Crippen molar-refractivity contribution in [1.29, 1.82) is 0 Å². The zero-order valence-electron chi connectivity index (χ0n) is 11.2. The second-order valence-electron chi connectivity index (χ2n) is 4.81. The van der Waals surface area contributed by atoms with Crippen LogP contribution in [-0.4, -0.2) is 0 Å². The van der Waals surface area contributed by atoms with Gasteiger partial charge in [-0.1, -0.05) is 79.7 Å². The third-order valence-corrected chi connectivity index (χ3v) is 3.84. The number of rotatable bonds is 4. The van der Waals surface area contributed by atoms with Crippen molar-refractivity contribution in [2.45, 2.75) is 25.7 Å². The molecule has 0 aliphatic heterocycles. The van der Waals surface area contributed by atoms with Crippen molar-refractivity contribution in [2.24, 2.45) is 0 Å². The van der Waals surface area contributed by atoms with Crippen LogP contribution in [0.4, 0.5) is 0 Å². The maximum atomic E-state index is 4.30. The molecule has 0 radical (unpaired) electrons. The monoisotopic (exact) mass is 236 g/mol. The maximum Gasteiger partial charge on any atom is 0.0380 e. The second kappa shape index (κ2) is 5.22. The topological polar surface area (TPSA) is 0 Å². The van der Waals surface area contributed by atoms with Crippen molar-refractivity contribution >= 4 is 0 Å². The predicted octanol–water partition coefficient (Wildman–Crippen LogP) is 4.96. The Kier molecular flexibility index (Phi) is 3.66. The first-order valence-electron chi connectivity index (χ1n) is 6.49. The van der Waals surface area contributed by atoms with Crippen molar-refractivity contribution in [3.63, 3.8) is 0 Å². The smallest absolute Gasteiger partial charge is 0.0380 e. The molecule has 0 fully saturated rings. The zero-order valence-corrected chi connectivity index (χ0v) is 11.2. The number of hydrogen-bond donors (Lipinski definition) is 0. The average molecular weight is 236 g/mol. The second-order valence-corrected chi connectivity index (χ2v) is 4.81. The van der Waals surface area contributed by atoms with Gasteiger partial charge in [-0.25, -0.2) is 0 Å². The molecule has 0 heterocycles. The van der Waals surface area contributed by atoms with Gasteiger partial charge < -0.3 is 0 Å².